The van der Waals surface area contributed by atoms with Gasteiger partial charge in [-0.1, -0.05) is 0 Å². The molecule has 0 spiro atoms. The standard InChI is InChI=1S/C10H20N2/c1-11-5-9-3-4-10(6-11)8-12(2)7-9/h9-10H,3-8H2,1-2H3. The molecule has 0 saturated carbocycles. The van der Waals surface area contributed by atoms with Gasteiger partial charge in [0.05, 0.1) is 0 Å². The van der Waals surface area contributed by atoms with Crippen LogP contribution in [0.5, 0.6) is 0 Å². The van der Waals surface area contributed by atoms with E-state index in [-0.39, 0.29) is 0 Å². The first-order chi connectivity index (χ1) is 5.74. The summed E-state index contributed by atoms with van der Waals surface area (Å²) in [7, 11) is 4.55. The molecule has 0 aromatic heterocycles. The Bertz CT molecular complexity index is 128. The fourth-order valence-electron chi connectivity index (χ4n) is 2.86. The molecule has 2 heterocycles. The second kappa shape index (κ2) is 3.35. The lowest BCUT2D eigenvalue weighted by atomic mass is 10.0. The minimum absolute atomic E-state index is 0.937. The Kier molecular flexibility index (Phi) is 2.37. The molecule has 2 saturated heterocycles. The van der Waals surface area contributed by atoms with Crippen molar-refractivity contribution in [3.63, 3.8) is 0 Å². The van der Waals surface area contributed by atoms with Crippen molar-refractivity contribution in [2.24, 2.45) is 11.8 Å². The van der Waals surface area contributed by atoms with Gasteiger partial charge in [0.15, 0.2) is 0 Å². The smallest absolute Gasteiger partial charge is 0.00190 e. The average Bonchev–Trinajstić information content (AvgIpc) is 2.18. The van der Waals surface area contributed by atoms with Gasteiger partial charge in [-0.2, -0.15) is 0 Å². The average molecular weight is 168 g/mol. The predicted octanol–water partition coefficient (Wildman–Crippen LogP) is 0.890. The second-order valence-corrected chi connectivity index (χ2v) is 4.75. The maximum atomic E-state index is 2.52. The van der Waals surface area contributed by atoms with Gasteiger partial charge in [-0.15, -0.1) is 0 Å². The van der Waals surface area contributed by atoms with E-state index in [1.54, 1.807) is 0 Å². The summed E-state index contributed by atoms with van der Waals surface area (Å²) in [6.45, 7) is 5.28. The van der Waals surface area contributed by atoms with Crippen LogP contribution in [-0.2, 0) is 0 Å². The van der Waals surface area contributed by atoms with Gasteiger partial charge in [0.25, 0.3) is 0 Å². The Morgan fingerprint density at radius 3 is 1.42 bits per heavy atom. The molecule has 2 rings (SSSR count). The summed E-state index contributed by atoms with van der Waals surface area (Å²) < 4.78 is 0. The van der Waals surface area contributed by atoms with Crippen LogP contribution in [0.25, 0.3) is 0 Å². The first kappa shape index (κ1) is 8.52. The van der Waals surface area contributed by atoms with E-state index in [0.29, 0.717) is 0 Å². The molecule has 0 unspecified atom stereocenters. The van der Waals surface area contributed by atoms with Gasteiger partial charge in [0.1, 0.15) is 0 Å². The number of rotatable bonds is 0. The molecule has 0 amide bonds. The van der Waals surface area contributed by atoms with Gasteiger partial charge >= 0.3 is 0 Å². The topological polar surface area (TPSA) is 6.48 Å². The third-order valence-corrected chi connectivity index (χ3v) is 3.26. The maximum absolute atomic E-state index is 2.52. The Balaban J connectivity index is 2.07. The fraction of sp³-hybridized carbons (Fsp3) is 1.00. The lowest BCUT2D eigenvalue weighted by Crippen LogP contribution is -2.39. The number of nitrogens with zero attached hydrogens (tertiary/aromatic N) is 2. The Morgan fingerprint density at radius 2 is 1.08 bits per heavy atom. The van der Waals surface area contributed by atoms with E-state index < -0.39 is 0 Å². The normalized spacial score (nSPS) is 39.5. The van der Waals surface area contributed by atoms with Crippen LogP contribution in [0.15, 0.2) is 0 Å². The predicted molar refractivity (Wildman–Crippen MR) is 51.2 cm³/mol. The molecule has 0 radical (unpaired) electrons. The number of hydrogen-bond donors (Lipinski definition) is 0. The second-order valence-electron chi connectivity index (χ2n) is 4.75. The third kappa shape index (κ3) is 1.80. The fourth-order valence-corrected chi connectivity index (χ4v) is 2.86. The number of likely N-dealkylation sites (tertiary alicyclic amines) is 2. The third-order valence-electron chi connectivity index (χ3n) is 3.26. The zero-order chi connectivity index (χ0) is 8.55. The molecule has 0 N–H and O–H groups in total. The van der Waals surface area contributed by atoms with Crippen LogP contribution in [0, 0.1) is 11.8 Å². The van der Waals surface area contributed by atoms with Gasteiger partial charge in [-0.05, 0) is 38.8 Å². The molecule has 0 aliphatic carbocycles. The van der Waals surface area contributed by atoms with Crippen molar-refractivity contribution in [3.05, 3.63) is 0 Å². The van der Waals surface area contributed by atoms with Crippen molar-refractivity contribution >= 4 is 0 Å². The summed E-state index contributed by atoms with van der Waals surface area (Å²) in [5, 5.41) is 0. The molecule has 2 fully saturated rings. The van der Waals surface area contributed by atoms with Crippen LogP contribution in [0.4, 0.5) is 0 Å². The minimum Gasteiger partial charge on any atom is -0.306 e. The first-order valence-corrected chi connectivity index (χ1v) is 5.11. The van der Waals surface area contributed by atoms with E-state index in [4.69, 9.17) is 0 Å². The number of hydrogen-bond acceptors (Lipinski definition) is 2. The quantitative estimate of drug-likeness (QED) is 0.530. The summed E-state index contributed by atoms with van der Waals surface area (Å²) in [5.74, 6) is 1.87. The van der Waals surface area contributed by atoms with Crippen molar-refractivity contribution in [3.8, 4) is 0 Å². The van der Waals surface area contributed by atoms with E-state index in [1.165, 1.54) is 39.0 Å². The summed E-state index contributed by atoms with van der Waals surface area (Å²) in [4.78, 5) is 5.05. The summed E-state index contributed by atoms with van der Waals surface area (Å²) in [5.41, 5.74) is 0. The minimum atomic E-state index is 0.937. The molecule has 2 heteroatoms. The summed E-state index contributed by atoms with van der Waals surface area (Å²) in [6, 6.07) is 0. The highest BCUT2D eigenvalue weighted by Crippen LogP contribution is 2.25. The molecule has 2 aliphatic heterocycles. The van der Waals surface area contributed by atoms with Crippen molar-refractivity contribution < 1.29 is 0 Å². The van der Waals surface area contributed by atoms with Crippen molar-refractivity contribution in [2.75, 3.05) is 40.3 Å². The maximum Gasteiger partial charge on any atom is 0.00190 e. The van der Waals surface area contributed by atoms with Crippen LogP contribution < -0.4 is 0 Å². The number of fused-ring (bicyclic) bond motifs is 3. The van der Waals surface area contributed by atoms with E-state index in [2.05, 4.69) is 23.9 Å². The van der Waals surface area contributed by atoms with Gasteiger partial charge in [0, 0.05) is 26.2 Å². The monoisotopic (exact) mass is 168 g/mol. The SMILES string of the molecule is CN1CC2CCC(C1)CN(C)C2. The highest BCUT2D eigenvalue weighted by atomic mass is 15.2. The summed E-state index contributed by atoms with van der Waals surface area (Å²) >= 11 is 0. The van der Waals surface area contributed by atoms with E-state index in [1.807, 2.05) is 0 Å². The highest BCUT2D eigenvalue weighted by Gasteiger charge is 2.27. The Labute approximate surface area is 75.5 Å². The van der Waals surface area contributed by atoms with Crippen LogP contribution in [0.1, 0.15) is 12.8 Å². The Hall–Kier alpha value is -0.0800. The van der Waals surface area contributed by atoms with Crippen LogP contribution in [0.2, 0.25) is 0 Å². The molecule has 0 atom stereocenters. The van der Waals surface area contributed by atoms with Crippen molar-refractivity contribution in [1.82, 2.24) is 9.80 Å². The molecule has 12 heavy (non-hydrogen) atoms. The molecule has 0 aromatic carbocycles. The molecule has 2 nitrogen and oxygen atoms in total. The van der Waals surface area contributed by atoms with E-state index >= 15 is 0 Å². The zero-order valence-electron chi connectivity index (χ0n) is 8.29. The largest absolute Gasteiger partial charge is 0.306 e. The lowest BCUT2D eigenvalue weighted by Gasteiger charge is -2.30. The molecule has 2 aliphatic rings. The molecule has 70 valence electrons. The Morgan fingerprint density at radius 1 is 0.750 bits per heavy atom. The lowest BCUT2D eigenvalue weighted by molar-refractivity contribution is 0.172. The van der Waals surface area contributed by atoms with Crippen LogP contribution in [-0.4, -0.2) is 50.1 Å². The van der Waals surface area contributed by atoms with Gasteiger partial charge in [0.2, 0.25) is 0 Å². The van der Waals surface area contributed by atoms with E-state index in [0.717, 1.165) is 11.8 Å². The van der Waals surface area contributed by atoms with Gasteiger partial charge in [-0.3, -0.25) is 0 Å². The molecular weight excluding hydrogens is 148 g/mol. The van der Waals surface area contributed by atoms with Crippen molar-refractivity contribution in [2.45, 2.75) is 12.8 Å². The molecule has 0 aromatic rings. The van der Waals surface area contributed by atoms with Crippen LogP contribution >= 0.6 is 0 Å². The first-order valence-electron chi connectivity index (χ1n) is 5.11. The summed E-state index contributed by atoms with van der Waals surface area (Å²) in [6.07, 6.45) is 2.92. The van der Waals surface area contributed by atoms with E-state index in [9.17, 15) is 0 Å². The van der Waals surface area contributed by atoms with Gasteiger partial charge < -0.3 is 9.80 Å². The highest BCUT2D eigenvalue weighted by molar-refractivity contribution is 4.81. The molecular formula is C10H20N2. The van der Waals surface area contributed by atoms with Crippen molar-refractivity contribution in [1.29, 1.82) is 0 Å². The van der Waals surface area contributed by atoms with Gasteiger partial charge in [-0.25, -0.2) is 0 Å². The molecule has 2 bridgehead atoms. The van der Waals surface area contributed by atoms with Crippen LogP contribution in [0.3, 0.4) is 0 Å². The zero-order valence-corrected chi connectivity index (χ0v) is 8.29.